The monoisotopic (exact) mass is 229 g/mol. The highest BCUT2D eigenvalue weighted by molar-refractivity contribution is 7.99. The Balaban J connectivity index is 2.75. The molecule has 84 valence electrons. The fourth-order valence-corrected chi connectivity index (χ4v) is 2.61. The Morgan fingerprint density at radius 1 is 1.60 bits per heavy atom. The molecule has 1 saturated heterocycles. The lowest BCUT2D eigenvalue weighted by atomic mass is 10.2. The van der Waals surface area contributed by atoms with Crippen molar-refractivity contribution in [3.05, 3.63) is 11.6 Å². The van der Waals surface area contributed by atoms with Crippen LogP contribution in [0.25, 0.3) is 0 Å². The van der Waals surface area contributed by atoms with Gasteiger partial charge in [-0.3, -0.25) is 4.79 Å². The molecule has 0 aromatic rings. The van der Waals surface area contributed by atoms with Crippen molar-refractivity contribution in [2.24, 2.45) is 0 Å². The zero-order chi connectivity index (χ0) is 11.4. The molecule has 0 spiro atoms. The van der Waals surface area contributed by atoms with Gasteiger partial charge in [-0.05, 0) is 13.3 Å². The first-order valence-electron chi connectivity index (χ1n) is 4.86. The normalized spacial score (nSPS) is 21.9. The molecule has 1 amide bonds. The van der Waals surface area contributed by atoms with Gasteiger partial charge in [-0.25, -0.2) is 4.79 Å². The molecule has 15 heavy (non-hydrogen) atoms. The number of rotatable bonds is 3. The molecule has 0 aliphatic carbocycles. The zero-order valence-electron chi connectivity index (χ0n) is 8.90. The van der Waals surface area contributed by atoms with Crippen molar-refractivity contribution < 1.29 is 14.7 Å². The lowest BCUT2D eigenvalue weighted by molar-refractivity contribution is -0.146. The van der Waals surface area contributed by atoms with Crippen molar-refractivity contribution in [2.45, 2.75) is 26.3 Å². The number of aliphatic carboxylic acids is 1. The summed E-state index contributed by atoms with van der Waals surface area (Å²) in [4.78, 5) is 24.1. The van der Waals surface area contributed by atoms with Gasteiger partial charge in [-0.1, -0.05) is 13.0 Å². The molecule has 1 rings (SSSR count). The second kappa shape index (κ2) is 5.21. The molecule has 1 N–H and O–H groups in total. The molecule has 1 aliphatic heterocycles. The molecule has 4 nitrogen and oxygen atoms in total. The van der Waals surface area contributed by atoms with Gasteiger partial charge in [0.2, 0.25) is 0 Å². The number of hydrogen-bond donors (Lipinski definition) is 1. The molecule has 1 aliphatic rings. The highest BCUT2D eigenvalue weighted by Gasteiger charge is 2.34. The minimum Gasteiger partial charge on any atom is -0.480 e. The van der Waals surface area contributed by atoms with E-state index < -0.39 is 12.0 Å². The molecule has 0 saturated carbocycles. The Hall–Kier alpha value is -0.970. The molecule has 0 aromatic heterocycles. The molecule has 0 radical (unpaired) electrons. The van der Waals surface area contributed by atoms with E-state index in [4.69, 9.17) is 5.11 Å². The van der Waals surface area contributed by atoms with Crippen molar-refractivity contribution in [1.82, 2.24) is 4.90 Å². The van der Waals surface area contributed by atoms with Crippen LogP contribution in [0.1, 0.15) is 20.3 Å². The van der Waals surface area contributed by atoms with Crippen molar-refractivity contribution in [3.63, 3.8) is 0 Å². The van der Waals surface area contributed by atoms with E-state index in [9.17, 15) is 9.59 Å². The maximum Gasteiger partial charge on any atom is 0.327 e. The van der Waals surface area contributed by atoms with Gasteiger partial charge >= 0.3 is 5.97 Å². The average Bonchev–Trinajstić information content (AvgIpc) is 2.65. The summed E-state index contributed by atoms with van der Waals surface area (Å²) in [5.74, 6) is -0.113. The van der Waals surface area contributed by atoms with Gasteiger partial charge in [0.1, 0.15) is 6.04 Å². The van der Waals surface area contributed by atoms with Crippen LogP contribution >= 0.6 is 11.8 Å². The van der Waals surface area contributed by atoms with E-state index in [1.54, 1.807) is 6.92 Å². The maximum atomic E-state index is 11.8. The first-order chi connectivity index (χ1) is 7.07. The van der Waals surface area contributed by atoms with Gasteiger partial charge in [0, 0.05) is 11.3 Å². The number of nitrogens with zero attached hydrogens (tertiary/aromatic N) is 1. The van der Waals surface area contributed by atoms with Gasteiger partial charge in [0.25, 0.3) is 5.91 Å². The summed E-state index contributed by atoms with van der Waals surface area (Å²) in [6.07, 6.45) is 2.61. The van der Waals surface area contributed by atoms with Gasteiger partial charge < -0.3 is 10.0 Å². The average molecular weight is 229 g/mol. The van der Waals surface area contributed by atoms with E-state index in [0.717, 1.165) is 6.42 Å². The third kappa shape index (κ3) is 2.75. The van der Waals surface area contributed by atoms with Crippen LogP contribution < -0.4 is 0 Å². The van der Waals surface area contributed by atoms with Crippen LogP contribution in [0, 0.1) is 0 Å². The molecule has 1 fully saturated rings. The Morgan fingerprint density at radius 2 is 2.27 bits per heavy atom. The van der Waals surface area contributed by atoms with E-state index >= 15 is 0 Å². The quantitative estimate of drug-likeness (QED) is 0.742. The molecule has 1 heterocycles. The number of carbonyl (C=O) groups is 2. The summed E-state index contributed by atoms with van der Waals surface area (Å²) in [6, 6.07) is -0.664. The van der Waals surface area contributed by atoms with E-state index in [-0.39, 0.29) is 5.91 Å². The third-order valence-electron chi connectivity index (χ3n) is 2.28. The minimum atomic E-state index is -0.919. The Labute approximate surface area is 93.3 Å². The standard InChI is InChI=1S/C10H15NO3S/c1-3-4-7(2)9(12)11-6-15-5-8(11)10(13)14/h4,8H,3,5-6H2,1-2H3,(H,13,14)/b7-4-/t8-/m1/s1. The Kier molecular flexibility index (Phi) is 4.20. The highest BCUT2D eigenvalue weighted by atomic mass is 32.2. The van der Waals surface area contributed by atoms with Crippen LogP contribution in [0.3, 0.4) is 0 Å². The fraction of sp³-hybridized carbons (Fsp3) is 0.600. The highest BCUT2D eigenvalue weighted by Crippen LogP contribution is 2.22. The molecule has 5 heteroatoms. The van der Waals surface area contributed by atoms with Crippen LogP contribution in [0.2, 0.25) is 0 Å². The molecule has 0 unspecified atom stereocenters. The van der Waals surface area contributed by atoms with Crippen LogP contribution in [0.5, 0.6) is 0 Å². The number of carboxylic acids is 1. The first kappa shape index (κ1) is 12.1. The summed E-state index contributed by atoms with van der Waals surface area (Å²) in [5, 5.41) is 8.92. The number of allylic oxidation sites excluding steroid dienone is 1. The van der Waals surface area contributed by atoms with E-state index in [1.165, 1.54) is 16.7 Å². The molecule has 0 bridgehead atoms. The molecular weight excluding hydrogens is 214 g/mol. The van der Waals surface area contributed by atoms with Crippen molar-refractivity contribution in [2.75, 3.05) is 11.6 Å². The summed E-state index contributed by atoms with van der Waals surface area (Å²) >= 11 is 1.48. The van der Waals surface area contributed by atoms with Crippen LogP contribution in [-0.2, 0) is 9.59 Å². The van der Waals surface area contributed by atoms with Crippen LogP contribution in [0.15, 0.2) is 11.6 Å². The van der Waals surface area contributed by atoms with Crippen molar-refractivity contribution >= 4 is 23.6 Å². The van der Waals surface area contributed by atoms with E-state index in [2.05, 4.69) is 0 Å². The SMILES string of the molecule is CC/C=C(/C)C(=O)N1CSC[C@@H]1C(=O)O. The number of thioether (sulfide) groups is 1. The summed E-state index contributed by atoms with van der Waals surface area (Å²) in [7, 11) is 0. The molecule has 1 atom stereocenters. The smallest absolute Gasteiger partial charge is 0.327 e. The topological polar surface area (TPSA) is 57.6 Å². The number of carbonyl (C=O) groups excluding carboxylic acids is 1. The summed E-state index contributed by atoms with van der Waals surface area (Å²) in [6.45, 7) is 3.68. The Morgan fingerprint density at radius 3 is 2.80 bits per heavy atom. The van der Waals surface area contributed by atoms with Crippen LogP contribution in [-0.4, -0.2) is 39.6 Å². The van der Waals surface area contributed by atoms with Gasteiger partial charge in [-0.2, -0.15) is 0 Å². The zero-order valence-corrected chi connectivity index (χ0v) is 9.71. The van der Waals surface area contributed by atoms with E-state index in [0.29, 0.717) is 17.2 Å². The Bertz CT molecular complexity index is 301. The molecule has 0 aromatic carbocycles. The second-order valence-electron chi connectivity index (χ2n) is 3.42. The van der Waals surface area contributed by atoms with Crippen LogP contribution in [0.4, 0.5) is 0 Å². The second-order valence-corrected chi connectivity index (χ2v) is 4.42. The molecular formula is C10H15NO3S. The minimum absolute atomic E-state index is 0.158. The number of hydrogen-bond acceptors (Lipinski definition) is 3. The van der Waals surface area contributed by atoms with Gasteiger partial charge in [0.05, 0.1) is 5.88 Å². The summed E-state index contributed by atoms with van der Waals surface area (Å²) in [5.41, 5.74) is 0.631. The summed E-state index contributed by atoms with van der Waals surface area (Å²) < 4.78 is 0. The third-order valence-corrected chi connectivity index (χ3v) is 3.29. The van der Waals surface area contributed by atoms with Gasteiger partial charge in [-0.15, -0.1) is 11.8 Å². The van der Waals surface area contributed by atoms with E-state index in [1.807, 2.05) is 13.0 Å². The lowest BCUT2D eigenvalue weighted by Crippen LogP contribution is -2.42. The van der Waals surface area contributed by atoms with Crippen molar-refractivity contribution in [3.8, 4) is 0 Å². The predicted molar refractivity (Wildman–Crippen MR) is 59.6 cm³/mol. The predicted octanol–water partition coefficient (Wildman–Crippen LogP) is 1.33. The maximum absolute atomic E-state index is 11.8. The lowest BCUT2D eigenvalue weighted by Gasteiger charge is -2.20. The number of amides is 1. The first-order valence-corrected chi connectivity index (χ1v) is 6.01. The largest absolute Gasteiger partial charge is 0.480 e. The van der Waals surface area contributed by atoms with Crippen molar-refractivity contribution in [1.29, 1.82) is 0 Å². The number of carboxylic acid groups (broad SMARTS) is 1. The fourth-order valence-electron chi connectivity index (χ4n) is 1.47. The van der Waals surface area contributed by atoms with Gasteiger partial charge in [0.15, 0.2) is 0 Å².